The molecule has 0 saturated heterocycles. The molecular formula is C27H29NO3. The van der Waals surface area contributed by atoms with Crippen molar-refractivity contribution in [3.05, 3.63) is 53.6 Å². The Morgan fingerprint density at radius 1 is 1.06 bits per heavy atom. The topological polar surface area (TPSA) is 40.5 Å². The van der Waals surface area contributed by atoms with E-state index in [4.69, 9.17) is 9.47 Å². The van der Waals surface area contributed by atoms with Crippen molar-refractivity contribution in [2.45, 2.75) is 56.9 Å². The van der Waals surface area contributed by atoms with E-state index < -0.39 is 5.41 Å². The van der Waals surface area contributed by atoms with E-state index in [1.807, 2.05) is 0 Å². The smallest absolute Gasteiger partial charge is 0.314 e. The molecule has 31 heavy (non-hydrogen) atoms. The van der Waals surface area contributed by atoms with Crippen molar-refractivity contribution in [2.75, 3.05) is 14.2 Å². The van der Waals surface area contributed by atoms with Crippen LogP contribution >= 0.6 is 0 Å². The largest absolute Gasteiger partial charge is 0.497 e. The van der Waals surface area contributed by atoms with Crippen LogP contribution in [0.5, 0.6) is 5.75 Å². The van der Waals surface area contributed by atoms with E-state index in [0.717, 1.165) is 12.2 Å². The third kappa shape index (κ3) is 2.63. The van der Waals surface area contributed by atoms with E-state index in [1.54, 1.807) is 7.11 Å². The van der Waals surface area contributed by atoms with Gasteiger partial charge in [0.25, 0.3) is 0 Å². The number of aromatic nitrogens is 1. The Kier molecular flexibility index (Phi) is 4.21. The molecule has 160 valence electrons. The number of fused-ring (bicyclic) bond motifs is 7. The second-order valence-electron chi connectivity index (χ2n) is 9.56. The maximum atomic E-state index is 13.0. The highest BCUT2D eigenvalue weighted by Crippen LogP contribution is 2.65. The molecule has 2 unspecified atom stereocenters. The summed E-state index contributed by atoms with van der Waals surface area (Å²) in [6, 6.07) is 15.2. The van der Waals surface area contributed by atoms with Gasteiger partial charge in [0.2, 0.25) is 0 Å². The van der Waals surface area contributed by atoms with E-state index in [1.165, 1.54) is 72.5 Å². The maximum absolute atomic E-state index is 13.0. The first kappa shape index (κ1) is 19.0. The van der Waals surface area contributed by atoms with Crippen LogP contribution in [0.15, 0.2) is 42.5 Å². The third-order valence-electron chi connectivity index (χ3n) is 8.02. The average molecular weight is 416 g/mol. The van der Waals surface area contributed by atoms with Gasteiger partial charge in [0.15, 0.2) is 0 Å². The molecule has 0 bridgehead atoms. The van der Waals surface area contributed by atoms with Gasteiger partial charge < -0.3 is 14.0 Å². The van der Waals surface area contributed by atoms with Gasteiger partial charge in [-0.2, -0.15) is 0 Å². The summed E-state index contributed by atoms with van der Waals surface area (Å²) in [6.07, 6.45) is 7.27. The number of ether oxygens (including phenoxy) is 2. The number of benzene rings is 2. The lowest BCUT2D eigenvalue weighted by atomic mass is 9.81. The molecule has 0 N–H and O–H groups in total. The number of hydrogen-bond donors (Lipinski definition) is 0. The number of esters is 1. The Bertz CT molecular complexity index is 1190. The Morgan fingerprint density at radius 2 is 1.87 bits per heavy atom. The highest BCUT2D eigenvalue weighted by atomic mass is 16.5. The molecule has 6 rings (SSSR count). The maximum Gasteiger partial charge on any atom is 0.314 e. The van der Waals surface area contributed by atoms with Gasteiger partial charge in [-0.3, -0.25) is 4.79 Å². The molecule has 2 heterocycles. The van der Waals surface area contributed by atoms with Crippen LogP contribution < -0.4 is 4.74 Å². The van der Waals surface area contributed by atoms with Gasteiger partial charge in [-0.25, -0.2) is 0 Å². The third-order valence-corrected chi connectivity index (χ3v) is 8.02. The lowest BCUT2D eigenvalue weighted by Crippen LogP contribution is -2.24. The summed E-state index contributed by atoms with van der Waals surface area (Å²) in [7, 11) is 3.23. The van der Waals surface area contributed by atoms with E-state index >= 15 is 0 Å². The van der Waals surface area contributed by atoms with Crippen molar-refractivity contribution in [3.8, 4) is 17.0 Å². The summed E-state index contributed by atoms with van der Waals surface area (Å²) in [5.41, 5.74) is 6.08. The standard InChI is InChI=1S/C27H29NO3/c1-30-18-12-13-19-21(14-18)22-15-27(22,26(29)31-2)16-28-23-11-7-6-10-20(23)24(25(19)28)17-8-4-3-5-9-17/h6-7,10-14,17,22H,3-5,8-9,15-16H2,1-2H3. The first-order valence-corrected chi connectivity index (χ1v) is 11.6. The van der Waals surface area contributed by atoms with Crippen molar-refractivity contribution in [1.29, 1.82) is 0 Å². The molecule has 4 nitrogen and oxygen atoms in total. The number of rotatable bonds is 3. The number of carbonyl (C=O) groups excluding carboxylic acids is 1. The lowest BCUT2D eigenvalue weighted by molar-refractivity contribution is -0.147. The highest BCUT2D eigenvalue weighted by Gasteiger charge is 2.63. The second kappa shape index (κ2) is 6.88. The summed E-state index contributed by atoms with van der Waals surface area (Å²) >= 11 is 0. The molecule has 0 radical (unpaired) electrons. The molecule has 2 fully saturated rings. The molecule has 4 heteroatoms. The normalized spacial score (nSPS) is 24.6. The summed E-state index contributed by atoms with van der Waals surface area (Å²) in [6.45, 7) is 0.684. The van der Waals surface area contributed by atoms with Crippen molar-refractivity contribution < 1.29 is 14.3 Å². The molecule has 0 amide bonds. The molecule has 3 aliphatic rings. The van der Waals surface area contributed by atoms with Crippen LogP contribution in [0.2, 0.25) is 0 Å². The van der Waals surface area contributed by atoms with Crippen LogP contribution in [0.1, 0.15) is 61.5 Å². The zero-order valence-corrected chi connectivity index (χ0v) is 18.3. The van der Waals surface area contributed by atoms with Crippen molar-refractivity contribution in [2.24, 2.45) is 5.41 Å². The Hall–Kier alpha value is -2.75. The van der Waals surface area contributed by atoms with Crippen molar-refractivity contribution in [3.63, 3.8) is 0 Å². The predicted molar refractivity (Wildman–Crippen MR) is 122 cm³/mol. The van der Waals surface area contributed by atoms with Gasteiger partial charge in [0.05, 0.1) is 25.3 Å². The molecule has 3 aromatic rings. The Balaban J connectivity index is 1.67. The van der Waals surface area contributed by atoms with E-state index in [0.29, 0.717) is 12.5 Å². The van der Waals surface area contributed by atoms with Gasteiger partial charge in [-0.05, 0) is 60.6 Å². The summed E-state index contributed by atoms with van der Waals surface area (Å²) in [5, 5.41) is 1.35. The second-order valence-corrected chi connectivity index (χ2v) is 9.56. The van der Waals surface area contributed by atoms with Gasteiger partial charge in [0, 0.05) is 28.9 Å². The van der Waals surface area contributed by atoms with Crippen LogP contribution in [0.25, 0.3) is 22.2 Å². The molecule has 0 spiro atoms. The van der Waals surface area contributed by atoms with E-state index in [2.05, 4.69) is 47.0 Å². The van der Waals surface area contributed by atoms with Crippen LogP contribution in [0.3, 0.4) is 0 Å². The first-order chi connectivity index (χ1) is 15.2. The first-order valence-electron chi connectivity index (χ1n) is 11.6. The Labute approximate surface area is 183 Å². The Morgan fingerprint density at radius 3 is 2.65 bits per heavy atom. The summed E-state index contributed by atoms with van der Waals surface area (Å²) < 4.78 is 13.3. The van der Waals surface area contributed by atoms with Crippen molar-refractivity contribution in [1.82, 2.24) is 4.57 Å². The van der Waals surface area contributed by atoms with Crippen LogP contribution in [-0.4, -0.2) is 24.8 Å². The van der Waals surface area contributed by atoms with Gasteiger partial charge in [0.1, 0.15) is 5.75 Å². The quantitative estimate of drug-likeness (QED) is 0.491. The fourth-order valence-electron chi connectivity index (χ4n) is 6.42. The SMILES string of the molecule is COC(=O)C12CC1c1cc(OC)ccc1-c1c(C3CCCCC3)c3ccccc3n1C2. The number of methoxy groups -OCH3 is 2. The van der Waals surface area contributed by atoms with Crippen LogP contribution in [0.4, 0.5) is 0 Å². The predicted octanol–water partition coefficient (Wildman–Crippen LogP) is 6.02. The number of hydrogen-bond acceptors (Lipinski definition) is 3. The molecule has 2 atom stereocenters. The fourth-order valence-corrected chi connectivity index (χ4v) is 6.42. The van der Waals surface area contributed by atoms with Gasteiger partial charge >= 0.3 is 5.97 Å². The number of para-hydroxylation sites is 1. The molecular weight excluding hydrogens is 386 g/mol. The van der Waals surface area contributed by atoms with Gasteiger partial charge in [-0.1, -0.05) is 37.5 Å². The van der Waals surface area contributed by atoms with E-state index in [9.17, 15) is 4.79 Å². The molecule has 2 saturated carbocycles. The molecule has 1 aliphatic heterocycles. The summed E-state index contributed by atoms with van der Waals surface area (Å²) in [4.78, 5) is 13.0. The molecule has 2 aromatic carbocycles. The molecule has 2 aliphatic carbocycles. The molecule has 1 aromatic heterocycles. The zero-order valence-electron chi connectivity index (χ0n) is 18.3. The van der Waals surface area contributed by atoms with Crippen molar-refractivity contribution >= 4 is 16.9 Å². The van der Waals surface area contributed by atoms with Crippen LogP contribution in [-0.2, 0) is 16.1 Å². The average Bonchev–Trinajstić information content (AvgIpc) is 3.49. The fraction of sp³-hybridized carbons (Fsp3) is 0.444. The van der Waals surface area contributed by atoms with Gasteiger partial charge in [-0.15, -0.1) is 0 Å². The highest BCUT2D eigenvalue weighted by molar-refractivity contribution is 5.95. The van der Waals surface area contributed by atoms with Crippen LogP contribution in [0, 0.1) is 5.41 Å². The van der Waals surface area contributed by atoms with E-state index in [-0.39, 0.29) is 11.9 Å². The number of carbonyl (C=O) groups is 1. The lowest BCUT2D eigenvalue weighted by Gasteiger charge is -2.24. The number of nitrogens with zero attached hydrogens (tertiary/aromatic N) is 1. The zero-order chi connectivity index (χ0) is 21.2. The monoisotopic (exact) mass is 415 g/mol. The minimum absolute atomic E-state index is 0.0869. The minimum atomic E-state index is -0.479. The minimum Gasteiger partial charge on any atom is -0.497 e. The summed E-state index contributed by atoms with van der Waals surface area (Å²) in [5.74, 6) is 1.53.